The minimum atomic E-state index is -3.53. The Bertz CT molecular complexity index is 588. The molecule has 0 saturated heterocycles. The predicted octanol–water partition coefficient (Wildman–Crippen LogP) is 2.53. The molecule has 0 amide bonds. The van der Waals surface area contributed by atoms with Gasteiger partial charge in [-0.05, 0) is 30.5 Å². The third-order valence-electron chi connectivity index (χ3n) is 3.27. The van der Waals surface area contributed by atoms with Gasteiger partial charge in [0.1, 0.15) is 0 Å². The molecule has 104 valence electrons. The van der Waals surface area contributed by atoms with Gasteiger partial charge >= 0.3 is 0 Å². The first-order valence-corrected chi connectivity index (χ1v) is 7.74. The number of sulfonamides is 1. The van der Waals surface area contributed by atoms with Crippen LogP contribution in [-0.4, -0.2) is 26.3 Å². The summed E-state index contributed by atoms with van der Waals surface area (Å²) in [4.78, 5) is 0.220. The molecule has 0 heterocycles. The van der Waals surface area contributed by atoms with Crippen molar-refractivity contribution in [3.05, 3.63) is 29.3 Å². The second kappa shape index (κ2) is 6.18. The molecule has 0 spiro atoms. The summed E-state index contributed by atoms with van der Waals surface area (Å²) in [6, 6.07) is 6.71. The molecule has 0 radical (unpaired) electrons. The molecule has 0 aromatic heterocycles. The summed E-state index contributed by atoms with van der Waals surface area (Å²) in [5.74, 6) is 0.305. The number of hydrogen-bond acceptors (Lipinski definition) is 3. The minimum Gasteiger partial charge on any atom is -0.207 e. The molecule has 1 rings (SSSR count). The van der Waals surface area contributed by atoms with E-state index in [0.29, 0.717) is 23.6 Å². The SMILES string of the molecule is CCC(C)CN(C)S(=O)(=O)c1cc(C#N)ccc1C. The Morgan fingerprint density at radius 1 is 1.42 bits per heavy atom. The molecule has 0 fully saturated rings. The standard InChI is InChI=1S/C14H20N2O2S/c1-5-11(2)10-16(4)19(17,18)14-8-13(9-15)7-6-12(14)3/h6-8,11H,5,10H2,1-4H3. The van der Waals surface area contributed by atoms with Crippen LogP contribution < -0.4 is 0 Å². The fourth-order valence-corrected chi connectivity index (χ4v) is 3.32. The molecule has 0 bridgehead atoms. The maximum absolute atomic E-state index is 12.5. The van der Waals surface area contributed by atoms with Gasteiger partial charge in [0.25, 0.3) is 0 Å². The number of hydrogen-bond donors (Lipinski definition) is 0. The van der Waals surface area contributed by atoms with Gasteiger partial charge in [0.2, 0.25) is 10.0 Å². The van der Waals surface area contributed by atoms with Crippen LogP contribution in [0, 0.1) is 24.2 Å². The van der Waals surface area contributed by atoms with Gasteiger partial charge in [0, 0.05) is 13.6 Å². The predicted molar refractivity (Wildman–Crippen MR) is 75.2 cm³/mol. The van der Waals surface area contributed by atoms with E-state index < -0.39 is 10.0 Å². The highest BCUT2D eigenvalue weighted by molar-refractivity contribution is 7.89. The van der Waals surface area contributed by atoms with Gasteiger partial charge in [-0.25, -0.2) is 12.7 Å². The fraction of sp³-hybridized carbons (Fsp3) is 0.500. The van der Waals surface area contributed by atoms with Gasteiger partial charge in [-0.2, -0.15) is 5.26 Å². The first-order valence-electron chi connectivity index (χ1n) is 6.30. The fourth-order valence-electron chi connectivity index (χ4n) is 1.78. The summed E-state index contributed by atoms with van der Waals surface area (Å²) in [5.41, 5.74) is 1.02. The molecular weight excluding hydrogens is 260 g/mol. The molecular formula is C14H20N2O2S. The molecule has 0 N–H and O–H groups in total. The van der Waals surface area contributed by atoms with Gasteiger partial charge in [-0.15, -0.1) is 0 Å². The van der Waals surface area contributed by atoms with Crippen LogP contribution in [0.5, 0.6) is 0 Å². The number of rotatable bonds is 5. The van der Waals surface area contributed by atoms with Crippen LogP contribution in [0.4, 0.5) is 0 Å². The first-order chi connectivity index (χ1) is 8.82. The molecule has 1 aromatic rings. The van der Waals surface area contributed by atoms with Crippen molar-refractivity contribution in [2.24, 2.45) is 5.92 Å². The van der Waals surface area contributed by atoms with Gasteiger partial charge in [0.05, 0.1) is 16.5 Å². The summed E-state index contributed by atoms with van der Waals surface area (Å²) < 4.78 is 26.3. The van der Waals surface area contributed by atoms with Crippen LogP contribution in [0.1, 0.15) is 31.4 Å². The molecule has 1 aromatic carbocycles. The van der Waals surface area contributed by atoms with E-state index in [1.807, 2.05) is 19.9 Å². The summed E-state index contributed by atoms with van der Waals surface area (Å²) in [6.07, 6.45) is 0.928. The topological polar surface area (TPSA) is 61.2 Å². The van der Waals surface area contributed by atoms with E-state index in [-0.39, 0.29) is 4.90 Å². The Labute approximate surface area is 115 Å². The van der Waals surface area contributed by atoms with Gasteiger partial charge in [-0.3, -0.25) is 0 Å². The van der Waals surface area contributed by atoms with Crippen molar-refractivity contribution in [3.63, 3.8) is 0 Å². The van der Waals surface area contributed by atoms with Crippen molar-refractivity contribution in [1.82, 2.24) is 4.31 Å². The highest BCUT2D eigenvalue weighted by Crippen LogP contribution is 2.21. The Morgan fingerprint density at radius 2 is 2.05 bits per heavy atom. The zero-order chi connectivity index (χ0) is 14.6. The monoisotopic (exact) mass is 280 g/mol. The molecule has 0 aliphatic heterocycles. The lowest BCUT2D eigenvalue weighted by atomic mass is 10.1. The summed E-state index contributed by atoms with van der Waals surface area (Å²) in [6.45, 7) is 6.28. The largest absolute Gasteiger partial charge is 0.243 e. The molecule has 0 aliphatic carbocycles. The minimum absolute atomic E-state index is 0.220. The van der Waals surface area contributed by atoms with Crippen LogP contribution in [0.2, 0.25) is 0 Å². The summed E-state index contributed by atoms with van der Waals surface area (Å²) >= 11 is 0. The summed E-state index contributed by atoms with van der Waals surface area (Å²) in [5, 5.41) is 8.88. The van der Waals surface area contributed by atoms with Gasteiger partial charge in [-0.1, -0.05) is 26.3 Å². The van der Waals surface area contributed by atoms with Crippen LogP contribution >= 0.6 is 0 Å². The van der Waals surface area contributed by atoms with Crippen LogP contribution in [-0.2, 0) is 10.0 Å². The Hall–Kier alpha value is -1.38. The number of aryl methyl sites for hydroxylation is 1. The maximum Gasteiger partial charge on any atom is 0.243 e. The normalized spacial score (nSPS) is 13.3. The molecule has 1 unspecified atom stereocenters. The van der Waals surface area contributed by atoms with Gasteiger partial charge in [0.15, 0.2) is 0 Å². The third kappa shape index (κ3) is 3.55. The highest BCUT2D eigenvalue weighted by atomic mass is 32.2. The third-order valence-corrected chi connectivity index (χ3v) is 5.24. The van der Waals surface area contributed by atoms with E-state index in [1.54, 1.807) is 26.1 Å². The van der Waals surface area contributed by atoms with Crippen LogP contribution in [0.15, 0.2) is 23.1 Å². The Kier molecular flexibility index (Phi) is 5.10. The average Bonchev–Trinajstić information content (AvgIpc) is 2.38. The number of nitriles is 1. The second-order valence-corrected chi connectivity index (χ2v) is 6.90. The first kappa shape index (κ1) is 15.7. The van der Waals surface area contributed by atoms with E-state index in [4.69, 9.17) is 5.26 Å². The Balaban J connectivity index is 3.17. The number of benzene rings is 1. The lowest BCUT2D eigenvalue weighted by Gasteiger charge is -2.21. The quantitative estimate of drug-likeness (QED) is 0.832. The zero-order valence-corrected chi connectivity index (χ0v) is 12.7. The van der Waals surface area contributed by atoms with Crippen molar-refractivity contribution in [1.29, 1.82) is 5.26 Å². The Morgan fingerprint density at radius 3 is 2.58 bits per heavy atom. The molecule has 19 heavy (non-hydrogen) atoms. The lowest BCUT2D eigenvalue weighted by molar-refractivity contribution is 0.393. The van der Waals surface area contributed by atoms with Crippen molar-refractivity contribution >= 4 is 10.0 Å². The van der Waals surface area contributed by atoms with E-state index in [1.165, 1.54) is 10.4 Å². The molecule has 1 atom stereocenters. The van der Waals surface area contributed by atoms with E-state index in [2.05, 4.69) is 0 Å². The van der Waals surface area contributed by atoms with Gasteiger partial charge < -0.3 is 0 Å². The average molecular weight is 280 g/mol. The zero-order valence-electron chi connectivity index (χ0n) is 11.8. The second-order valence-electron chi connectivity index (χ2n) is 4.89. The highest BCUT2D eigenvalue weighted by Gasteiger charge is 2.24. The smallest absolute Gasteiger partial charge is 0.207 e. The van der Waals surface area contributed by atoms with E-state index in [0.717, 1.165) is 6.42 Å². The van der Waals surface area contributed by atoms with E-state index >= 15 is 0 Å². The maximum atomic E-state index is 12.5. The molecule has 0 aliphatic rings. The molecule has 0 saturated carbocycles. The molecule has 5 heteroatoms. The van der Waals surface area contributed by atoms with E-state index in [9.17, 15) is 8.42 Å². The number of nitrogens with zero attached hydrogens (tertiary/aromatic N) is 2. The van der Waals surface area contributed by atoms with Crippen molar-refractivity contribution < 1.29 is 8.42 Å². The molecule has 4 nitrogen and oxygen atoms in total. The van der Waals surface area contributed by atoms with Crippen molar-refractivity contribution in [2.45, 2.75) is 32.1 Å². The van der Waals surface area contributed by atoms with Crippen molar-refractivity contribution in [3.8, 4) is 6.07 Å². The lowest BCUT2D eigenvalue weighted by Crippen LogP contribution is -2.31. The van der Waals surface area contributed by atoms with Crippen LogP contribution in [0.25, 0.3) is 0 Å². The summed E-state index contributed by atoms with van der Waals surface area (Å²) in [7, 11) is -1.94. The van der Waals surface area contributed by atoms with Crippen molar-refractivity contribution in [2.75, 3.05) is 13.6 Å². The van der Waals surface area contributed by atoms with Crippen LogP contribution in [0.3, 0.4) is 0 Å².